The van der Waals surface area contributed by atoms with E-state index < -0.39 is 0 Å². The number of nitrogens with zero attached hydrogens (tertiary/aromatic N) is 1. The number of anilines is 1. The second-order valence-corrected chi connectivity index (χ2v) is 8.83. The van der Waals surface area contributed by atoms with Gasteiger partial charge in [0.1, 0.15) is 5.00 Å². The van der Waals surface area contributed by atoms with Gasteiger partial charge in [0.2, 0.25) is 5.91 Å². The number of nitrogens with one attached hydrogen (secondary N) is 2. The Labute approximate surface area is 177 Å². The number of ether oxygens (including phenoxy) is 1. The van der Waals surface area contributed by atoms with E-state index in [4.69, 9.17) is 4.74 Å². The maximum Gasteiger partial charge on any atom is 0.341 e. The summed E-state index contributed by atoms with van der Waals surface area (Å²) in [5, 5.41) is 3.84. The van der Waals surface area contributed by atoms with E-state index >= 15 is 0 Å². The largest absolute Gasteiger partial charge is 0.462 e. The van der Waals surface area contributed by atoms with Crippen molar-refractivity contribution in [1.82, 2.24) is 9.97 Å². The molecule has 0 bridgehead atoms. The number of hydrogen-bond donors (Lipinski definition) is 2. The summed E-state index contributed by atoms with van der Waals surface area (Å²) in [5.41, 5.74) is 2.68. The first-order chi connectivity index (χ1) is 13.9. The van der Waals surface area contributed by atoms with E-state index in [0.29, 0.717) is 40.0 Å². The van der Waals surface area contributed by atoms with Gasteiger partial charge in [-0.2, -0.15) is 0 Å². The number of fused-ring (bicyclic) bond motifs is 1. The number of carbonyl (C=O) groups is 2. The Morgan fingerprint density at radius 1 is 1.28 bits per heavy atom. The van der Waals surface area contributed by atoms with Crippen molar-refractivity contribution in [1.29, 1.82) is 0 Å². The van der Waals surface area contributed by atoms with Gasteiger partial charge in [0.05, 0.1) is 17.9 Å². The van der Waals surface area contributed by atoms with Crippen molar-refractivity contribution in [2.24, 2.45) is 0 Å². The van der Waals surface area contributed by atoms with Crippen LogP contribution in [0.15, 0.2) is 9.95 Å². The zero-order chi connectivity index (χ0) is 21.0. The van der Waals surface area contributed by atoms with E-state index in [0.717, 1.165) is 47.9 Å². The van der Waals surface area contributed by atoms with Crippen molar-refractivity contribution < 1.29 is 14.3 Å². The summed E-state index contributed by atoms with van der Waals surface area (Å²) in [6.07, 6.45) is 4.49. The minimum atomic E-state index is -0.383. The number of aromatic amines is 1. The minimum absolute atomic E-state index is 0.0820. The van der Waals surface area contributed by atoms with Gasteiger partial charge in [-0.1, -0.05) is 18.7 Å². The first-order valence-electron chi connectivity index (χ1n) is 9.78. The third kappa shape index (κ3) is 4.90. The van der Waals surface area contributed by atoms with Crippen LogP contribution in [0.3, 0.4) is 0 Å². The third-order valence-corrected chi connectivity index (χ3v) is 6.88. The van der Waals surface area contributed by atoms with Crippen LogP contribution in [0.25, 0.3) is 0 Å². The molecular weight excluding hydrogens is 410 g/mol. The van der Waals surface area contributed by atoms with Gasteiger partial charge in [0.15, 0.2) is 5.16 Å². The number of thiophene rings is 1. The average Bonchev–Trinajstić information content (AvgIpc) is 3.04. The number of H-pyrrole nitrogens is 1. The second-order valence-electron chi connectivity index (χ2n) is 6.76. The number of aryl methyl sites for hydroxylation is 2. The fourth-order valence-electron chi connectivity index (χ4n) is 3.44. The molecule has 0 aliphatic heterocycles. The van der Waals surface area contributed by atoms with Crippen molar-refractivity contribution in [3.63, 3.8) is 0 Å². The molecule has 2 aromatic rings. The SMILES string of the molecule is CCOC(=O)c1c(NC(=O)CSc2nc(C)c(CC)c(=O)[nH]2)sc2c1CCCC2. The summed E-state index contributed by atoms with van der Waals surface area (Å²) in [5.74, 6) is -0.552. The third-order valence-electron chi connectivity index (χ3n) is 4.80. The van der Waals surface area contributed by atoms with Crippen LogP contribution < -0.4 is 10.9 Å². The quantitative estimate of drug-likeness (QED) is 0.392. The molecule has 1 aliphatic rings. The van der Waals surface area contributed by atoms with Crippen molar-refractivity contribution in [3.05, 3.63) is 37.6 Å². The number of esters is 1. The molecule has 7 nitrogen and oxygen atoms in total. The van der Waals surface area contributed by atoms with E-state index in [1.54, 1.807) is 13.8 Å². The highest BCUT2D eigenvalue weighted by molar-refractivity contribution is 7.99. The van der Waals surface area contributed by atoms with Crippen molar-refractivity contribution in [2.45, 2.75) is 58.0 Å². The van der Waals surface area contributed by atoms with Crippen LogP contribution in [0.4, 0.5) is 5.00 Å². The summed E-state index contributed by atoms with van der Waals surface area (Å²) in [4.78, 5) is 45.3. The standard InChI is InChI=1S/C20H25N3O4S2/c1-4-12-11(3)21-20(23-17(12)25)28-10-15(24)22-18-16(19(26)27-5-2)13-8-6-7-9-14(13)29-18/h4-10H2,1-3H3,(H,22,24)(H,21,23,25). The molecule has 0 atom stereocenters. The van der Waals surface area contributed by atoms with Gasteiger partial charge in [-0.15, -0.1) is 11.3 Å². The lowest BCUT2D eigenvalue weighted by Crippen LogP contribution is -2.19. The van der Waals surface area contributed by atoms with Gasteiger partial charge in [0.25, 0.3) is 5.56 Å². The molecule has 2 N–H and O–H groups in total. The Kier molecular flexibility index (Phi) is 7.13. The first-order valence-corrected chi connectivity index (χ1v) is 11.6. The molecule has 0 aromatic carbocycles. The van der Waals surface area contributed by atoms with Crippen LogP contribution in [0, 0.1) is 6.92 Å². The maximum absolute atomic E-state index is 12.5. The molecule has 0 fully saturated rings. The molecule has 2 heterocycles. The Bertz CT molecular complexity index is 981. The van der Waals surface area contributed by atoms with Crippen LogP contribution in [-0.4, -0.2) is 34.2 Å². The summed E-state index contributed by atoms with van der Waals surface area (Å²) in [7, 11) is 0. The molecular formula is C20H25N3O4S2. The lowest BCUT2D eigenvalue weighted by molar-refractivity contribution is -0.113. The first kappa shape index (κ1) is 21.6. The van der Waals surface area contributed by atoms with Crippen molar-refractivity contribution in [3.8, 4) is 0 Å². The molecule has 0 unspecified atom stereocenters. The molecule has 1 amide bonds. The highest BCUT2D eigenvalue weighted by Crippen LogP contribution is 2.38. The molecule has 3 rings (SSSR count). The normalized spacial score (nSPS) is 13.1. The smallest absolute Gasteiger partial charge is 0.341 e. The predicted molar refractivity (Wildman–Crippen MR) is 115 cm³/mol. The minimum Gasteiger partial charge on any atom is -0.462 e. The zero-order valence-corrected chi connectivity index (χ0v) is 18.5. The number of aromatic nitrogens is 2. The number of carbonyl (C=O) groups excluding carboxylic acids is 2. The number of hydrogen-bond acceptors (Lipinski definition) is 7. The van der Waals surface area contributed by atoms with E-state index in [1.807, 2.05) is 6.92 Å². The van der Waals surface area contributed by atoms with E-state index in [9.17, 15) is 14.4 Å². The number of thioether (sulfide) groups is 1. The zero-order valence-electron chi connectivity index (χ0n) is 16.8. The highest BCUT2D eigenvalue weighted by Gasteiger charge is 2.27. The summed E-state index contributed by atoms with van der Waals surface area (Å²) in [6, 6.07) is 0. The molecule has 9 heteroatoms. The van der Waals surface area contributed by atoms with Gasteiger partial charge < -0.3 is 15.0 Å². The number of amides is 1. The van der Waals surface area contributed by atoms with E-state index in [1.165, 1.54) is 11.3 Å². The van der Waals surface area contributed by atoms with E-state index in [2.05, 4.69) is 15.3 Å². The summed E-state index contributed by atoms with van der Waals surface area (Å²) >= 11 is 2.62. The van der Waals surface area contributed by atoms with Gasteiger partial charge in [-0.25, -0.2) is 9.78 Å². The Morgan fingerprint density at radius 2 is 2.03 bits per heavy atom. The van der Waals surface area contributed by atoms with Crippen molar-refractivity contribution >= 4 is 40.0 Å². The lowest BCUT2D eigenvalue weighted by Gasteiger charge is -2.12. The Hall–Kier alpha value is -2.13. The molecule has 0 spiro atoms. The molecule has 1 aliphatic carbocycles. The summed E-state index contributed by atoms with van der Waals surface area (Å²) < 4.78 is 5.21. The van der Waals surface area contributed by atoms with Gasteiger partial charge in [-0.3, -0.25) is 9.59 Å². The van der Waals surface area contributed by atoms with Gasteiger partial charge in [0, 0.05) is 16.1 Å². The second kappa shape index (κ2) is 9.58. The Balaban J connectivity index is 1.73. The average molecular weight is 436 g/mol. The molecule has 2 aromatic heterocycles. The fourth-order valence-corrected chi connectivity index (χ4v) is 5.44. The van der Waals surface area contributed by atoms with Gasteiger partial charge >= 0.3 is 5.97 Å². The van der Waals surface area contributed by atoms with Crippen LogP contribution in [-0.2, 0) is 28.8 Å². The molecule has 0 saturated carbocycles. The summed E-state index contributed by atoms with van der Waals surface area (Å²) in [6.45, 7) is 5.76. The van der Waals surface area contributed by atoms with Gasteiger partial charge in [-0.05, 0) is 51.5 Å². The molecule has 0 saturated heterocycles. The Morgan fingerprint density at radius 3 is 2.72 bits per heavy atom. The topological polar surface area (TPSA) is 101 Å². The highest BCUT2D eigenvalue weighted by atomic mass is 32.2. The van der Waals surface area contributed by atoms with Crippen LogP contribution in [0.5, 0.6) is 0 Å². The van der Waals surface area contributed by atoms with Crippen LogP contribution in [0.2, 0.25) is 0 Å². The molecule has 156 valence electrons. The van der Waals surface area contributed by atoms with Crippen LogP contribution in [0.1, 0.15) is 58.7 Å². The van der Waals surface area contributed by atoms with Crippen LogP contribution >= 0.6 is 23.1 Å². The predicted octanol–water partition coefficient (Wildman–Crippen LogP) is 3.49. The molecule has 29 heavy (non-hydrogen) atoms. The number of rotatable bonds is 7. The van der Waals surface area contributed by atoms with Crippen molar-refractivity contribution in [2.75, 3.05) is 17.7 Å². The fraction of sp³-hybridized carbons (Fsp3) is 0.500. The maximum atomic E-state index is 12.5. The lowest BCUT2D eigenvalue weighted by atomic mass is 9.95. The molecule has 0 radical (unpaired) electrons. The van der Waals surface area contributed by atoms with E-state index in [-0.39, 0.29) is 23.2 Å². The monoisotopic (exact) mass is 435 g/mol.